The van der Waals surface area contributed by atoms with Crippen LogP contribution in [0.25, 0.3) is 0 Å². The summed E-state index contributed by atoms with van der Waals surface area (Å²) in [5, 5.41) is 5.97. The summed E-state index contributed by atoms with van der Waals surface area (Å²) in [5.74, 6) is -1.30. The lowest BCUT2D eigenvalue weighted by Crippen LogP contribution is -2.49. The normalized spacial score (nSPS) is 19.1. The van der Waals surface area contributed by atoms with Crippen molar-refractivity contribution in [2.24, 2.45) is 5.73 Å². The number of nitrogens with one attached hydrogen (secondary N) is 2. The SMILES string of the molecule is NC1CCC(NC(=O)c2ccc(N3CCN(C(=O)c4cccnc4)CC3)c(NC(=O)c3cccc(F)c3)c2)CC1. The average molecular weight is 545 g/mol. The summed E-state index contributed by atoms with van der Waals surface area (Å²) < 4.78 is 13.8. The molecule has 1 saturated carbocycles. The third kappa shape index (κ3) is 6.45. The van der Waals surface area contributed by atoms with Crippen molar-refractivity contribution in [1.82, 2.24) is 15.2 Å². The number of anilines is 2. The number of pyridine rings is 1. The molecule has 1 aliphatic heterocycles. The molecule has 2 heterocycles. The van der Waals surface area contributed by atoms with Crippen LogP contribution in [0.2, 0.25) is 0 Å². The summed E-state index contributed by atoms with van der Waals surface area (Å²) in [4.78, 5) is 46.9. The Bertz CT molecular complexity index is 1370. The molecule has 9 nitrogen and oxygen atoms in total. The van der Waals surface area contributed by atoms with Crippen molar-refractivity contribution in [1.29, 1.82) is 0 Å². The molecule has 1 aromatic heterocycles. The van der Waals surface area contributed by atoms with E-state index in [0.717, 1.165) is 31.4 Å². The monoisotopic (exact) mass is 544 g/mol. The fourth-order valence-electron chi connectivity index (χ4n) is 5.23. The van der Waals surface area contributed by atoms with Gasteiger partial charge in [0.05, 0.1) is 16.9 Å². The van der Waals surface area contributed by atoms with E-state index in [1.54, 1.807) is 41.6 Å². The second-order valence-electron chi connectivity index (χ2n) is 10.3. The Morgan fingerprint density at radius 1 is 0.850 bits per heavy atom. The Labute approximate surface area is 232 Å². The standard InChI is InChI=1S/C30H33FN6O3/c31-23-5-1-3-20(17-23)29(39)35-26-18-21(28(38)34-25-9-7-24(32)8-10-25)6-11-27(26)36-13-15-37(16-14-36)30(40)22-4-2-12-33-19-22/h1-6,11-12,17-19,24-25H,7-10,13-16,32H2,(H,34,38)(H,35,39). The van der Waals surface area contributed by atoms with Crippen molar-refractivity contribution >= 4 is 29.1 Å². The number of carbonyl (C=O) groups excluding carboxylic acids is 3. The second-order valence-corrected chi connectivity index (χ2v) is 10.3. The van der Waals surface area contributed by atoms with Crippen LogP contribution in [0.1, 0.15) is 56.8 Å². The van der Waals surface area contributed by atoms with Crippen LogP contribution in [0.15, 0.2) is 67.0 Å². The van der Waals surface area contributed by atoms with E-state index < -0.39 is 11.7 Å². The summed E-state index contributed by atoms with van der Waals surface area (Å²) in [6.45, 7) is 2.03. The number of amides is 3. The van der Waals surface area contributed by atoms with Crippen LogP contribution < -0.4 is 21.3 Å². The van der Waals surface area contributed by atoms with E-state index in [0.29, 0.717) is 43.0 Å². The Balaban J connectivity index is 1.34. The highest BCUT2D eigenvalue weighted by atomic mass is 19.1. The first-order valence-electron chi connectivity index (χ1n) is 13.6. The fraction of sp³-hybridized carbons (Fsp3) is 0.333. The van der Waals surface area contributed by atoms with E-state index in [1.807, 2.05) is 6.07 Å². The Morgan fingerprint density at radius 3 is 2.27 bits per heavy atom. The minimum Gasteiger partial charge on any atom is -0.366 e. The lowest BCUT2D eigenvalue weighted by molar-refractivity contribution is 0.0746. The van der Waals surface area contributed by atoms with Crippen molar-refractivity contribution < 1.29 is 18.8 Å². The molecular weight excluding hydrogens is 511 g/mol. The lowest BCUT2D eigenvalue weighted by Gasteiger charge is -2.37. The largest absolute Gasteiger partial charge is 0.366 e. The van der Waals surface area contributed by atoms with Gasteiger partial charge in [-0.25, -0.2) is 4.39 Å². The first-order valence-corrected chi connectivity index (χ1v) is 13.6. The molecule has 3 aromatic rings. The highest BCUT2D eigenvalue weighted by Crippen LogP contribution is 2.30. The Morgan fingerprint density at radius 2 is 1.57 bits per heavy atom. The maximum absolute atomic E-state index is 13.8. The topological polar surface area (TPSA) is 121 Å². The van der Waals surface area contributed by atoms with E-state index in [-0.39, 0.29) is 29.5 Å². The van der Waals surface area contributed by atoms with Crippen molar-refractivity contribution in [3.8, 4) is 0 Å². The zero-order chi connectivity index (χ0) is 28.1. The van der Waals surface area contributed by atoms with E-state index >= 15 is 0 Å². The summed E-state index contributed by atoms with van der Waals surface area (Å²) in [7, 11) is 0. The van der Waals surface area contributed by atoms with Crippen LogP contribution in [0.5, 0.6) is 0 Å². The van der Waals surface area contributed by atoms with Crippen LogP contribution in [0.4, 0.5) is 15.8 Å². The van der Waals surface area contributed by atoms with Gasteiger partial charge in [-0.15, -0.1) is 0 Å². The van der Waals surface area contributed by atoms with Gasteiger partial charge in [-0.05, 0) is 74.2 Å². The maximum Gasteiger partial charge on any atom is 0.255 e. The van der Waals surface area contributed by atoms with Crippen molar-refractivity contribution in [3.63, 3.8) is 0 Å². The third-order valence-corrected chi connectivity index (χ3v) is 7.52. The molecule has 0 unspecified atom stereocenters. The minimum absolute atomic E-state index is 0.0581. The number of rotatable bonds is 6. The van der Waals surface area contributed by atoms with Crippen LogP contribution >= 0.6 is 0 Å². The highest BCUT2D eigenvalue weighted by molar-refractivity contribution is 6.07. The second kappa shape index (κ2) is 12.3. The number of halogens is 1. The van der Waals surface area contributed by atoms with Crippen LogP contribution in [0.3, 0.4) is 0 Å². The predicted molar refractivity (Wildman–Crippen MR) is 151 cm³/mol. The number of aromatic nitrogens is 1. The zero-order valence-corrected chi connectivity index (χ0v) is 22.2. The van der Waals surface area contributed by atoms with Gasteiger partial charge in [-0.3, -0.25) is 19.4 Å². The zero-order valence-electron chi connectivity index (χ0n) is 22.2. The molecule has 40 heavy (non-hydrogen) atoms. The molecule has 3 amide bonds. The van der Waals surface area contributed by atoms with Gasteiger partial charge in [0.2, 0.25) is 0 Å². The third-order valence-electron chi connectivity index (χ3n) is 7.52. The Kier molecular flexibility index (Phi) is 8.35. The first-order chi connectivity index (χ1) is 19.4. The number of benzene rings is 2. The van der Waals surface area contributed by atoms with Gasteiger partial charge >= 0.3 is 0 Å². The van der Waals surface area contributed by atoms with Crippen molar-refractivity contribution in [3.05, 3.63) is 89.5 Å². The molecule has 1 saturated heterocycles. The number of nitrogens with zero attached hydrogens (tertiary/aromatic N) is 3. The molecule has 2 aromatic carbocycles. The molecule has 4 N–H and O–H groups in total. The molecule has 5 rings (SSSR count). The summed E-state index contributed by atoms with van der Waals surface area (Å²) in [6, 6.07) is 14.4. The van der Waals surface area contributed by atoms with Gasteiger partial charge in [0, 0.05) is 61.8 Å². The van der Waals surface area contributed by atoms with E-state index in [9.17, 15) is 18.8 Å². The number of carbonyl (C=O) groups is 3. The number of hydrogen-bond acceptors (Lipinski definition) is 6. The number of nitrogens with two attached hydrogens (primary N) is 1. The average Bonchev–Trinajstić information content (AvgIpc) is 2.98. The smallest absolute Gasteiger partial charge is 0.255 e. The molecule has 10 heteroatoms. The number of piperazine rings is 1. The molecule has 2 aliphatic rings. The lowest BCUT2D eigenvalue weighted by atomic mass is 9.91. The van der Waals surface area contributed by atoms with Crippen molar-refractivity contribution in [2.75, 3.05) is 36.4 Å². The van der Waals surface area contributed by atoms with E-state index in [1.165, 1.54) is 24.3 Å². The van der Waals surface area contributed by atoms with Gasteiger partial charge in [0.1, 0.15) is 5.82 Å². The fourth-order valence-corrected chi connectivity index (χ4v) is 5.23. The van der Waals surface area contributed by atoms with Crippen molar-refractivity contribution in [2.45, 2.75) is 37.8 Å². The Hall–Kier alpha value is -4.31. The van der Waals surface area contributed by atoms with Crippen LogP contribution in [-0.4, -0.2) is 65.9 Å². The summed E-state index contributed by atoms with van der Waals surface area (Å²) in [6.07, 6.45) is 6.58. The minimum atomic E-state index is -0.511. The molecule has 1 aliphatic carbocycles. The highest BCUT2D eigenvalue weighted by Gasteiger charge is 2.26. The molecule has 0 radical (unpaired) electrons. The predicted octanol–water partition coefficient (Wildman–Crippen LogP) is 3.44. The van der Waals surface area contributed by atoms with Crippen LogP contribution in [0, 0.1) is 5.82 Å². The van der Waals surface area contributed by atoms with Gasteiger partial charge < -0.3 is 26.2 Å². The van der Waals surface area contributed by atoms with Gasteiger partial charge in [-0.2, -0.15) is 0 Å². The van der Waals surface area contributed by atoms with E-state index in [4.69, 9.17) is 5.73 Å². The molecular formula is C30H33FN6O3. The molecule has 0 atom stereocenters. The summed E-state index contributed by atoms with van der Waals surface area (Å²) >= 11 is 0. The van der Waals surface area contributed by atoms with Gasteiger partial charge in [0.25, 0.3) is 17.7 Å². The van der Waals surface area contributed by atoms with Gasteiger partial charge in [0.15, 0.2) is 0 Å². The molecule has 208 valence electrons. The molecule has 2 fully saturated rings. The van der Waals surface area contributed by atoms with Gasteiger partial charge in [-0.1, -0.05) is 6.07 Å². The van der Waals surface area contributed by atoms with E-state index in [2.05, 4.69) is 20.5 Å². The first kappa shape index (κ1) is 27.3. The van der Waals surface area contributed by atoms with Crippen LogP contribution in [-0.2, 0) is 0 Å². The quantitative estimate of drug-likeness (QED) is 0.437. The maximum atomic E-state index is 13.8. The summed E-state index contributed by atoms with van der Waals surface area (Å²) in [5.41, 5.74) is 8.29. The number of hydrogen-bond donors (Lipinski definition) is 3. The molecule has 0 bridgehead atoms. The molecule has 0 spiro atoms.